The predicted molar refractivity (Wildman–Crippen MR) is 112 cm³/mol. The van der Waals surface area contributed by atoms with Crippen LogP contribution in [0.1, 0.15) is 29.9 Å². The zero-order valence-electron chi connectivity index (χ0n) is 14.7. The van der Waals surface area contributed by atoms with Crippen LogP contribution in [0.3, 0.4) is 0 Å². The van der Waals surface area contributed by atoms with Gasteiger partial charge in [0.1, 0.15) is 5.75 Å². The number of rotatable bonds is 4. The standard InChI is InChI=1S/C20H22Cl2N2OS/c1-25-19-5-3-2-4-17(19)14-8-10-24(11-9-14)20(26)23-13-15-6-7-16(21)12-18(15)22/h2-7,12,14H,8-11,13H2,1H3,(H,23,26). The van der Waals surface area contributed by atoms with Crippen molar-refractivity contribution in [1.29, 1.82) is 0 Å². The molecule has 3 nitrogen and oxygen atoms in total. The van der Waals surface area contributed by atoms with E-state index in [1.165, 1.54) is 5.56 Å². The highest BCUT2D eigenvalue weighted by atomic mass is 35.5. The lowest BCUT2D eigenvalue weighted by Crippen LogP contribution is -2.43. The van der Waals surface area contributed by atoms with Gasteiger partial charge in [0, 0.05) is 29.7 Å². The molecule has 0 atom stereocenters. The van der Waals surface area contributed by atoms with E-state index in [0.717, 1.165) is 42.4 Å². The first-order chi connectivity index (χ1) is 12.6. The minimum Gasteiger partial charge on any atom is -0.496 e. The van der Waals surface area contributed by atoms with Gasteiger partial charge in [0.25, 0.3) is 0 Å². The Balaban J connectivity index is 1.53. The first-order valence-corrected chi connectivity index (χ1v) is 9.84. The van der Waals surface area contributed by atoms with Crippen molar-refractivity contribution in [3.63, 3.8) is 0 Å². The molecule has 26 heavy (non-hydrogen) atoms. The first kappa shape index (κ1) is 19.3. The number of piperidine rings is 1. The Labute approximate surface area is 170 Å². The summed E-state index contributed by atoms with van der Waals surface area (Å²) < 4.78 is 5.51. The monoisotopic (exact) mass is 408 g/mol. The van der Waals surface area contributed by atoms with Crippen molar-refractivity contribution in [3.8, 4) is 5.75 Å². The van der Waals surface area contributed by atoms with Gasteiger partial charge >= 0.3 is 0 Å². The number of methoxy groups -OCH3 is 1. The van der Waals surface area contributed by atoms with Gasteiger partial charge in [-0.1, -0.05) is 47.5 Å². The van der Waals surface area contributed by atoms with Crippen LogP contribution >= 0.6 is 35.4 Å². The molecule has 1 aliphatic rings. The lowest BCUT2D eigenvalue weighted by molar-refractivity contribution is 0.303. The van der Waals surface area contributed by atoms with Gasteiger partial charge in [-0.15, -0.1) is 0 Å². The lowest BCUT2D eigenvalue weighted by Gasteiger charge is -2.34. The SMILES string of the molecule is COc1ccccc1C1CCN(C(=S)NCc2ccc(Cl)cc2Cl)CC1. The van der Waals surface area contributed by atoms with Crippen LogP contribution in [0.5, 0.6) is 5.75 Å². The van der Waals surface area contributed by atoms with Crippen LogP contribution in [0.2, 0.25) is 10.0 Å². The molecule has 2 aromatic rings. The molecule has 0 unspecified atom stereocenters. The average molecular weight is 409 g/mol. The highest BCUT2D eigenvalue weighted by Gasteiger charge is 2.24. The summed E-state index contributed by atoms with van der Waals surface area (Å²) >= 11 is 17.7. The number of para-hydroxylation sites is 1. The Morgan fingerprint density at radius 2 is 1.92 bits per heavy atom. The largest absolute Gasteiger partial charge is 0.496 e. The summed E-state index contributed by atoms with van der Waals surface area (Å²) in [4.78, 5) is 2.23. The third kappa shape index (κ3) is 4.61. The van der Waals surface area contributed by atoms with Crippen molar-refractivity contribution in [1.82, 2.24) is 10.2 Å². The van der Waals surface area contributed by atoms with Crippen molar-refractivity contribution in [2.24, 2.45) is 0 Å². The van der Waals surface area contributed by atoms with Crippen molar-refractivity contribution in [2.45, 2.75) is 25.3 Å². The number of hydrogen-bond donors (Lipinski definition) is 1. The van der Waals surface area contributed by atoms with Crippen LogP contribution in [-0.2, 0) is 6.54 Å². The van der Waals surface area contributed by atoms with Gasteiger partial charge in [-0.25, -0.2) is 0 Å². The zero-order valence-corrected chi connectivity index (χ0v) is 17.0. The molecule has 0 spiro atoms. The first-order valence-electron chi connectivity index (χ1n) is 8.68. The summed E-state index contributed by atoms with van der Waals surface area (Å²) in [7, 11) is 1.73. The van der Waals surface area contributed by atoms with Gasteiger partial charge in [-0.2, -0.15) is 0 Å². The fourth-order valence-corrected chi connectivity index (χ4v) is 4.08. The molecule has 3 rings (SSSR count). The smallest absolute Gasteiger partial charge is 0.169 e. The highest BCUT2D eigenvalue weighted by Crippen LogP contribution is 2.34. The molecular formula is C20H22Cl2N2OS. The minimum atomic E-state index is 0.510. The van der Waals surface area contributed by atoms with E-state index in [1.54, 1.807) is 13.2 Å². The molecule has 6 heteroatoms. The maximum absolute atomic E-state index is 6.22. The Bertz CT molecular complexity index is 776. The Kier molecular flexibility index (Phi) is 6.63. The predicted octanol–water partition coefficient (Wildman–Crippen LogP) is 5.26. The Morgan fingerprint density at radius 3 is 2.62 bits per heavy atom. The zero-order chi connectivity index (χ0) is 18.5. The molecule has 0 saturated carbocycles. The van der Waals surface area contributed by atoms with Gasteiger partial charge in [0.05, 0.1) is 7.11 Å². The molecule has 1 aliphatic heterocycles. The lowest BCUT2D eigenvalue weighted by atomic mass is 9.89. The number of halogens is 2. The number of nitrogens with zero attached hydrogens (tertiary/aromatic N) is 1. The van der Waals surface area contributed by atoms with Crippen molar-refractivity contribution in [2.75, 3.05) is 20.2 Å². The van der Waals surface area contributed by atoms with E-state index in [2.05, 4.69) is 22.3 Å². The van der Waals surface area contributed by atoms with E-state index < -0.39 is 0 Å². The molecule has 1 saturated heterocycles. The van der Waals surface area contributed by atoms with Crippen LogP contribution < -0.4 is 10.1 Å². The summed E-state index contributed by atoms with van der Waals surface area (Å²) in [6.07, 6.45) is 2.12. The number of nitrogens with one attached hydrogen (secondary N) is 1. The summed E-state index contributed by atoms with van der Waals surface area (Å²) in [5, 5.41) is 5.38. The molecule has 0 radical (unpaired) electrons. The second kappa shape index (κ2) is 8.94. The summed E-state index contributed by atoms with van der Waals surface area (Å²) in [5.41, 5.74) is 2.28. The van der Waals surface area contributed by atoms with Gasteiger partial charge in [-0.3, -0.25) is 0 Å². The average Bonchev–Trinajstić information content (AvgIpc) is 2.67. The van der Waals surface area contributed by atoms with Crippen molar-refractivity contribution >= 4 is 40.5 Å². The summed E-state index contributed by atoms with van der Waals surface area (Å²) in [6.45, 7) is 2.47. The van der Waals surface area contributed by atoms with Gasteiger partial charge in [0.2, 0.25) is 0 Å². The maximum Gasteiger partial charge on any atom is 0.169 e. The number of likely N-dealkylation sites (tertiary alicyclic amines) is 1. The maximum atomic E-state index is 6.22. The minimum absolute atomic E-state index is 0.510. The van der Waals surface area contributed by atoms with E-state index in [0.29, 0.717) is 22.5 Å². The van der Waals surface area contributed by atoms with Crippen molar-refractivity contribution in [3.05, 3.63) is 63.6 Å². The molecule has 0 bridgehead atoms. The molecule has 0 aromatic heterocycles. The van der Waals surface area contributed by atoms with Gasteiger partial charge in [-0.05, 0) is 60.3 Å². The molecule has 1 fully saturated rings. The van der Waals surface area contributed by atoms with Gasteiger partial charge in [0.15, 0.2) is 5.11 Å². The third-order valence-electron chi connectivity index (χ3n) is 4.81. The fraction of sp³-hybridized carbons (Fsp3) is 0.350. The molecule has 138 valence electrons. The second-order valence-corrected chi connectivity index (χ2v) is 7.63. The fourth-order valence-electron chi connectivity index (χ4n) is 3.34. The van der Waals surface area contributed by atoms with Crippen LogP contribution in [-0.4, -0.2) is 30.2 Å². The molecule has 1 N–H and O–H groups in total. The summed E-state index contributed by atoms with van der Waals surface area (Å²) in [6, 6.07) is 13.8. The van der Waals surface area contributed by atoms with E-state index in [9.17, 15) is 0 Å². The van der Waals surface area contributed by atoms with Gasteiger partial charge < -0.3 is 15.0 Å². The molecule has 0 amide bonds. The molecule has 2 aromatic carbocycles. The molecular weight excluding hydrogens is 387 g/mol. The second-order valence-electron chi connectivity index (χ2n) is 6.40. The number of ether oxygens (including phenoxy) is 1. The van der Waals surface area contributed by atoms with Crippen LogP contribution in [0.25, 0.3) is 0 Å². The van der Waals surface area contributed by atoms with E-state index in [4.69, 9.17) is 40.2 Å². The Hall–Kier alpha value is -1.49. The van der Waals surface area contributed by atoms with E-state index in [-0.39, 0.29) is 0 Å². The molecule has 0 aliphatic carbocycles. The van der Waals surface area contributed by atoms with Crippen LogP contribution in [0, 0.1) is 0 Å². The topological polar surface area (TPSA) is 24.5 Å². The summed E-state index contributed by atoms with van der Waals surface area (Å²) in [5.74, 6) is 1.49. The van der Waals surface area contributed by atoms with Crippen LogP contribution in [0.4, 0.5) is 0 Å². The number of benzene rings is 2. The van der Waals surface area contributed by atoms with Crippen molar-refractivity contribution < 1.29 is 4.74 Å². The molecule has 1 heterocycles. The normalized spacial score (nSPS) is 15.0. The van der Waals surface area contributed by atoms with E-state index >= 15 is 0 Å². The highest BCUT2D eigenvalue weighted by molar-refractivity contribution is 7.80. The number of thiocarbonyl (C=S) groups is 1. The Morgan fingerprint density at radius 1 is 1.19 bits per heavy atom. The quantitative estimate of drug-likeness (QED) is 0.697. The third-order valence-corrected chi connectivity index (χ3v) is 5.80. The van der Waals surface area contributed by atoms with E-state index in [1.807, 2.05) is 24.3 Å². The van der Waals surface area contributed by atoms with Crippen LogP contribution in [0.15, 0.2) is 42.5 Å². The number of hydrogen-bond acceptors (Lipinski definition) is 2.